The highest BCUT2D eigenvalue weighted by atomic mass is 32.2. The van der Waals surface area contributed by atoms with Gasteiger partial charge in [0, 0.05) is 0 Å². The van der Waals surface area contributed by atoms with Crippen LogP contribution in [0.25, 0.3) is 0 Å². The Balaban J connectivity index is 2.04. The van der Waals surface area contributed by atoms with E-state index in [1.165, 1.54) is 0 Å². The van der Waals surface area contributed by atoms with Crippen molar-refractivity contribution in [2.75, 3.05) is 5.75 Å². The molecule has 2 rings (SSSR count). The number of carbonyl (C=O) groups is 1. The van der Waals surface area contributed by atoms with Gasteiger partial charge in [0.15, 0.2) is 0 Å². The fourth-order valence-electron chi connectivity index (χ4n) is 2.26. The maximum atomic E-state index is 11.9. The lowest BCUT2D eigenvalue weighted by Crippen LogP contribution is -2.53. The molecule has 1 saturated carbocycles. The van der Waals surface area contributed by atoms with Crippen molar-refractivity contribution in [2.45, 2.75) is 37.6 Å². The van der Waals surface area contributed by atoms with Gasteiger partial charge in [0.05, 0.1) is 5.75 Å². The van der Waals surface area contributed by atoms with Crippen molar-refractivity contribution in [1.82, 2.24) is 4.72 Å². The molecule has 0 bridgehead atoms. The summed E-state index contributed by atoms with van der Waals surface area (Å²) in [5.41, 5.74) is -1.34. The first kappa shape index (κ1) is 12.6. The zero-order chi connectivity index (χ0) is 12.5. The lowest BCUT2D eigenvalue weighted by molar-refractivity contribution is -0.143. The van der Waals surface area contributed by atoms with Crippen LogP contribution in [0.15, 0.2) is 12.2 Å². The second-order valence-electron chi connectivity index (χ2n) is 4.95. The first-order chi connectivity index (χ1) is 7.94. The molecule has 2 aliphatic rings. The van der Waals surface area contributed by atoms with E-state index in [9.17, 15) is 13.2 Å². The number of rotatable bonds is 5. The summed E-state index contributed by atoms with van der Waals surface area (Å²) in [5.74, 6) is -0.838. The summed E-state index contributed by atoms with van der Waals surface area (Å²) < 4.78 is 26.2. The Hall–Kier alpha value is -0.880. The van der Waals surface area contributed by atoms with Gasteiger partial charge in [-0.2, -0.15) is 4.72 Å². The van der Waals surface area contributed by atoms with Crippen LogP contribution in [-0.2, 0) is 14.8 Å². The highest BCUT2D eigenvalue weighted by Gasteiger charge is 2.43. The summed E-state index contributed by atoms with van der Waals surface area (Å²) in [6, 6.07) is 0. The van der Waals surface area contributed by atoms with Gasteiger partial charge in [-0.25, -0.2) is 8.42 Å². The Morgan fingerprint density at radius 3 is 2.35 bits per heavy atom. The number of sulfonamides is 1. The summed E-state index contributed by atoms with van der Waals surface area (Å²) in [7, 11) is -3.50. The van der Waals surface area contributed by atoms with Crippen molar-refractivity contribution in [3.63, 3.8) is 0 Å². The molecule has 2 aliphatic carbocycles. The molecule has 0 aromatic rings. The third kappa shape index (κ3) is 2.69. The molecule has 6 heteroatoms. The molecule has 0 saturated heterocycles. The normalized spacial score (nSPS) is 23.5. The third-order valence-corrected chi connectivity index (χ3v) is 5.15. The quantitative estimate of drug-likeness (QED) is 0.718. The van der Waals surface area contributed by atoms with Gasteiger partial charge in [-0.3, -0.25) is 4.79 Å². The smallest absolute Gasteiger partial charge is 0.325 e. The Bertz CT molecular complexity index is 428. The third-order valence-electron chi connectivity index (χ3n) is 3.54. The zero-order valence-corrected chi connectivity index (χ0v) is 10.4. The second-order valence-corrected chi connectivity index (χ2v) is 6.71. The van der Waals surface area contributed by atoms with Gasteiger partial charge in [0.1, 0.15) is 5.54 Å². The summed E-state index contributed by atoms with van der Waals surface area (Å²) in [4.78, 5) is 11.2. The minimum absolute atomic E-state index is 0.0576. The lowest BCUT2D eigenvalue weighted by Gasteiger charge is -2.29. The predicted octanol–water partition coefficient (Wildman–Crippen LogP) is 0.879. The zero-order valence-electron chi connectivity index (χ0n) is 9.55. The van der Waals surface area contributed by atoms with Crippen molar-refractivity contribution in [3.8, 4) is 0 Å². The van der Waals surface area contributed by atoms with Crippen molar-refractivity contribution < 1.29 is 18.3 Å². The number of hydrogen-bond donors (Lipinski definition) is 2. The van der Waals surface area contributed by atoms with E-state index in [4.69, 9.17) is 5.11 Å². The Morgan fingerprint density at radius 2 is 1.94 bits per heavy atom. The van der Waals surface area contributed by atoms with Gasteiger partial charge in [-0.05, 0) is 31.6 Å². The predicted molar refractivity (Wildman–Crippen MR) is 63.0 cm³/mol. The molecule has 17 heavy (non-hydrogen) atoms. The van der Waals surface area contributed by atoms with E-state index < -0.39 is 21.5 Å². The van der Waals surface area contributed by atoms with Crippen molar-refractivity contribution in [2.24, 2.45) is 5.92 Å². The van der Waals surface area contributed by atoms with Crippen LogP contribution in [0, 0.1) is 5.92 Å². The highest BCUT2D eigenvalue weighted by Crippen LogP contribution is 2.29. The number of carboxylic acid groups (broad SMARTS) is 1. The first-order valence-electron chi connectivity index (χ1n) is 5.84. The molecule has 1 fully saturated rings. The molecule has 0 aromatic heterocycles. The number of nitrogens with one attached hydrogen (secondary N) is 1. The van der Waals surface area contributed by atoms with Gasteiger partial charge in [-0.1, -0.05) is 18.6 Å². The molecule has 2 N–H and O–H groups in total. The van der Waals surface area contributed by atoms with Gasteiger partial charge < -0.3 is 5.11 Å². The Kier molecular flexibility index (Phi) is 3.27. The van der Waals surface area contributed by atoms with E-state index in [-0.39, 0.29) is 24.5 Å². The molecule has 0 radical (unpaired) electrons. The fraction of sp³-hybridized carbons (Fsp3) is 0.727. The van der Waals surface area contributed by atoms with E-state index in [2.05, 4.69) is 4.72 Å². The summed E-state index contributed by atoms with van der Waals surface area (Å²) in [6.45, 7) is 0. The van der Waals surface area contributed by atoms with Crippen LogP contribution in [0.3, 0.4) is 0 Å². The van der Waals surface area contributed by atoms with Crippen LogP contribution in [0.2, 0.25) is 0 Å². The Morgan fingerprint density at radius 1 is 1.35 bits per heavy atom. The van der Waals surface area contributed by atoms with Crippen LogP contribution < -0.4 is 4.72 Å². The average molecular weight is 259 g/mol. The van der Waals surface area contributed by atoms with Gasteiger partial charge >= 0.3 is 5.97 Å². The monoisotopic (exact) mass is 259 g/mol. The molecule has 96 valence electrons. The van der Waals surface area contributed by atoms with Crippen molar-refractivity contribution in [1.29, 1.82) is 0 Å². The van der Waals surface area contributed by atoms with Crippen LogP contribution >= 0.6 is 0 Å². The molecular formula is C11H17NO4S. The second kappa shape index (κ2) is 4.42. The lowest BCUT2D eigenvalue weighted by atomic mass is 9.87. The maximum Gasteiger partial charge on any atom is 0.325 e. The van der Waals surface area contributed by atoms with E-state index in [1.54, 1.807) is 12.2 Å². The number of carboxylic acids is 1. The van der Waals surface area contributed by atoms with Crippen LogP contribution in [0.1, 0.15) is 32.1 Å². The highest BCUT2D eigenvalue weighted by molar-refractivity contribution is 7.89. The van der Waals surface area contributed by atoms with E-state index >= 15 is 0 Å². The standard InChI is InChI=1S/C11H17NO4S/c13-10(14)11(6-1-2-7-11)12-17(15,16)8-9-4-3-5-9/h1-2,9,12H,3-8H2,(H,13,14). The van der Waals surface area contributed by atoms with Gasteiger partial charge in [0.25, 0.3) is 0 Å². The van der Waals surface area contributed by atoms with Crippen LogP contribution in [0.4, 0.5) is 0 Å². The van der Waals surface area contributed by atoms with E-state index in [0.29, 0.717) is 0 Å². The molecule has 0 aliphatic heterocycles. The van der Waals surface area contributed by atoms with Crippen LogP contribution in [-0.4, -0.2) is 30.8 Å². The largest absolute Gasteiger partial charge is 0.480 e. The topological polar surface area (TPSA) is 83.5 Å². The molecule has 0 amide bonds. The van der Waals surface area contributed by atoms with Crippen molar-refractivity contribution in [3.05, 3.63) is 12.2 Å². The minimum Gasteiger partial charge on any atom is -0.480 e. The summed E-state index contributed by atoms with van der Waals surface area (Å²) in [6.07, 6.45) is 6.81. The van der Waals surface area contributed by atoms with Gasteiger partial charge in [-0.15, -0.1) is 0 Å². The average Bonchev–Trinajstić information content (AvgIpc) is 2.61. The number of aliphatic carboxylic acids is 1. The molecule has 0 spiro atoms. The molecule has 0 aromatic carbocycles. The number of hydrogen-bond acceptors (Lipinski definition) is 3. The maximum absolute atomic E-state index is 11.9. The molecule has 0 unspecified atom stereocenters. The summed E-state index contributed by atoms with van der Waals surface area (Å²) in [5, 5.41) is 9.17. The van der Waals surface area contributed by atoms with Gasteiger partial charge in [0.2, 0.25) is 10.0 Å². The Labute approximate surface area is 101 Å². The SMILES string of the molecule is O=C(O)C1(NS(=O)(=O)CC2CCC2)CC=CC1. The van der Waals surface area contributed by atoms with E-state index in [1.807, 2.05) is 0 Å². The van der Waals surface area contributed by atoms with E-state index in [0.717, 1.165) is 19.3 Å². The molecule has 5 nitrogen and oxygen atoms in total. The molecule has 0 heterocycles. The molecule has 0 atom stereocenters. The molecular weight excluding hydrogens is 242 g/mol. The van der Waals surface area contributed by atoms with Crippen LogP contribution in [0.5, 0.6) is 0 Å². The van der Waals surface area contributed by atoms with Crippen molar-refractivity contribution >= 4 is 16.0 Å². The fourth-order valence-corrected chi connectivity index (χ4v) is 4.15. The minimum atomic E-state index is -3.50. The first-order valence-corrected chi connectivity index (χ1v) is 7.49. The summed E-state index contributed by atoms with van der Waals surface area (Å²) >= 11 is 0.